The number of halogens is 1. The Bertz CT molecular complexity index is 931. The van der Waals surface area contributed by atoms with Crippen LogP contribution in [0.5, 0.6) is 0 Å². The molecule has 0 saturated carbocycles. The molecule has 1 aliphatic heterocycles. The molecule has 23 heavy (non-hydrogen) atoms. The van der Waals surface area contributed by atoms with Crippen molar-refractivity contribution in [3.8, 4) is 0 Å². The minimum absolute atomic E-state index is 0.0885. The quantitative estimate of drug-likeness (QED) is 0.789. The number of pyridine rings is 1. The maximum Gasteiger partial charge on any atom is 0.258 e. The fraction of sp³-hybridized carbons (Fsp3) is 0.0588. The number of nitrogens with one attached hydrogen (secondary N) is 1. The Hall–Kier alpha value is -2.24. The first-order chi connectivity index (χ1) is 11.2. The first-order valence-electron chi connectivity index (χ1n) is 7.09. The third-order valence-corrected chi connectivity index (χ3v) is 4.91. The number of hydrogen-bond donors (Lipinski definition) is 1. The lowest BCUT2D eigenvalue weighted by atomic mass is 10.2. The second-order valence-electron chi connectivity index (χ2n) is 5.16. The number of carbonyl (C=O) groups is 1. The minimum atomic E-state index is -0.0885. The zero-order chi connectivity index (χ0) is 15.8. The molecule has 2 aromatic heterocycles. The summed E-state index contributed by atoms with van der Waals surface area (Å²) < 4.78 is 2.04. The van der Waals surface area contributed by atoms with Gasteiger partial charge in [0.2, 0.25) is 0 Å². The topological polar surface area (TPSA) is 46.4 Å². The summed E-state index contributed by atoms with van der Waals surface area (Å²) in [4.78, 5) is 17.4. The minimum Gasteiger partial charge on any atom is -0.348 e. The Morgan fingerprint density at radius 3 is 2.87 bits per heavy atom. The van der Waals surface area contributed by atoms with Crippen molar-refractivity contribution in [3.63, 3.8) is 0 Å². The van der Waals surface area contributed by atoms with Crippen molar-refractivity contribution in [1.82, 2.24) is 14.7 Å². The van der Waals surface area contributed by atoms with E-state index in [1.165, 1.54) is 11.8 Å². The van der Waals surface area contributed by atoms with Crippen LogP contribution in [-0.4, -0.2) is 15.3 Å². The first-order valence-corrected chi connectivity index (χ1v) is 8.29. The molecule has 3 heterocycles. The van der Waals surface area contributed by atoms with E-state index in [0.29, 0.717) is 16.5 Å². The number of imidazole rings is 1. The lowest BCUT2D eigenvalue weighted by Crippen LogP contribution is -2.24. The normalized spacial score (nSPS) is 13.0. The monoisotopic (exact) mass is 341 g/mol. The molecular formula is C17H12ClN3OS. The fourth-order valence-corrected chi connectivity index (χ4v) is 3.60. The Kier molecular flexibility index (Phi) is 3.59. The fourth-order valence-electron chi connectivity index (χ4n) is 2.47. The second kappa shape index (κ2) is 5.76. The Balaban J connectivity index is 1.53. The van der Waals surface area contributed by atoms with Gasteiger partial charge in [-0.3, -0.25) is 9.20 Å². The molecule has 0 fully saturated rings. The summed E-state index contributed by atoms with van der Waals surface area (Å²) in [7, 11) is 0. The highest BCUT2D eigenvalue weighted by Crippen LogP contribution is 2.34. The highest BCUT2D eigenvalue weighted by Gasteiger charge is 2.19. The molecule has 0 bridgehead atoms. The van der Waals surface area contributed by atoms with Crippen LogP contribution in [0.4, 0.5) is 0 Å². The zero-order valence-electron chi connectivity index (χ0n) is 12.0. The van der Waals surface area contributed by atoms with Gasteiger partial charge < -0.3 is 5.32 Å². The van der Waals surface area contributed by atoms with Crippen molar-refractivity contribution >= 4 is 41.0 Å². The van der Waals surface area contributed by atoms with Crippen molar-refractivity contribution in [2.45, 2.75) is 11.6 Å². The molecule has 0 atom stereocenters. The molecular weight excluding hydrogens is 330 g/mol. The Morgan fingerprint density at radius 2 is 2.04 bits per heavy atom. The van der Waals surface area contributed by atoms with Gasteiger partial charge in [-0.25, -0.2) is 4.98 Å². The number of thioether (sulfide) groups is 1. The van der Waals surface area contributed by atoms with E-state index in [1.807, 2.05) is 52.9 Å². The average Bonchev–Trinajstić information content (AvgIpc) is 2.99. The highest BCUT2D eigenvalue weighted by atomic mass is 35.5. The molecule has 4 rings (SSSR count). The third-order valence-electron chi connectivity index (χ3n) is 3.60. The largest absolute Gasteiger partial charge is 0.348 e. The van der Waals surface area contributed by atoms with Crippen LogP contribution in [0.15, 0.2) is 58.6 Å². The summed E-state index contributed by atoms with van der Waals surface area (Å²) in [6.07, 6.45) is 3.65. The first kappa shape index (κ1) is 14.4. The van der Waals surface area contributed by atoms with E-state index in [0.717, 1.165) is 21.9 Å². The van der Waals surface area contributed by atoms with Crippen LogP contribution >= 0.6 is 23.4 Å². The maximum atomic E-state index is 12.4. The molecule has 114 valence electrons. The van der Waals surface area contributed by atoms with E-state index in [2.05, 4.69) is 10.3 Å². The van der Waals surface area contributed by atoms with E-state index in [9.17, 15) is 4.79 Å². The van der Waals surface area contributed by atoms with E-state index in [4.69, 9.17) is 11.6 Å². The van der Waals surface area contributed by atoms with E-state index in [1.54, 1.807) is 6.20 Å². The van der Waals surface area contributed by atoms with E-state index < -0.39 is 0 Å². The van der Waals surface area contributed by atoms with Crippen LogP contribution in [0.25, 0.3) is 11.7 Å². The Morgan fingerprint density at radius 1 is 1.22 bits per heavy atom. The van der Waals surface area contributed by atoms with Crippen LogP contribution in [0.1, 0.15) is 11.3 Å². The van der Waals surface area contributed by atoms with E-state index in [-0.39, 0.29) is 5.91 Å². The van der Waals surface area contributed by atoms with Crippen LogP contribution in [0, 0.1) is 0 Å². The number of rotatable bonds is 3. The van der Waals surface area contributed by atoms with Gasteiger partial charge in [0.05, 0.1) is 21.8 Å². The van der Waals surface area contributed by atoms with Crippen LogP contribution in [-0.2, 0) is 11.3 Å². The molecule has 0 aliphatic carbocycles. The highest BCUT2D eigenvalue weighted by molar-refractivity contribution is 8.04. The summed E-state index contributed by atoms with van der Waals surface area (Å²) in [6, 6.07) is 13.3. The van der Waals surface area contributed by atoms with Gasteiger partial charge in [-0.15, -0.1) is 0 Å². The van der Waals surface area contributed by atoms with Crippen molar-refractivity contribution in [2.75, 3.05) is 0 Å². The lowest BCUT2D eigenvalue weighted by Gasteiger charge is -2.15. The predicted octanol–water partition coefficient (Wildman–Crippen LogP) is 3.75. The van der Waals surface area contributed by atoms with Gasteiger partial charge in [-0.2, -0.15) is 0 Å². The standard InChI is InChI=1S/C17H12ClN3OS/c18-12-6-4-11(5-7-12)9-20-17(22)14-8-13-10-19-15-2-1-3-16(23-14)21(13)15/h1-8,10H,9H2,(H,20,22). The summed E-state index contributed by atoms with van der Waals surface area (Å²) in [5.74, 6) is -0.0885. The van der Waals surface area contributed by atoms with Gasteiger partial charge >= 0.3 is 0 Å². The van der Waals surface area contributed by atoms with Crippen LogP contribution in [0.2, 0.25) is 5.02 Å². The number of amides is 1. The molecule has 6 heteroatoms. The molecule has 1 aliphatic rings. The average molecular weight is 342 g/mol. The summed E-state index contributed by atoms with van der Waals surface area (Å²) in [6.45, 7) is 0.470. The molecule has 1 aromatic carbocycles. The molecule has 0 unspecified atom stereocenters. The van der Waals surface area contributed by atoms with Gasteiger partial charge in [-0.1, -0.05) is 41.6 Å². The maximum absolute atomic E-state index is 12.4. The van der Waals surface area contributed by atoms with Gasteiger partial charge in [0.1, 0.15) is 5.65 Å². The molecule has 1 N–H and O–H groups in total. The summed E-state index contributed by atoms with van der Waals surface area (Å²) in [5.41, 5.74) is 2.82. The summed E-state index contributed by atoms with van der Waals surface area (Å²) >= 11 is 7.31. The molecule has 0 saturated heterocycles. The number of aromatic nitrogens is 2. The molecule has 0 radical (unpaired) electrons. The molecule has 3 aromatic rings. The van der Waals surface area contributed by atoms with Gasteiger partial charge in [-0.05, 0) is 35.9 Å². The molecule has 0 spiro atoms. The van der Waals surface area contributed by atoms with Gasteiger partial charge in [0.15, 0.2) is 0 Å². The smallest absolute Gasteiger partial charge is 0.258 e. The predicted molar refractivity (Wildman–Crippen MR) is 92.3 cm³/mol. The lowest BCUT2D eigenvalue weighted by molar-refractivity contribution is -0.116. The molecule has 1 amide bonds. The van der Waals surface area contributed by atoms with Gasteiger partial charge in [0, 0.05) is 11.6 Å². The number of hydrogen-bond acceptors (Lipinski definition) is 3. The SMILES string of the molecule is O=C(NCc1ccc(Cl)cc1)C1=Cc2cnc3cccc(n23)S1. The van der Waals surface area contributed by atoms with Crippen LogP contribution in [0.3, 0.4) is 0 Å². The van der Waals surface area contributed by atoms with Crippen molar-refractivity contribution in [3.05, 3.63) is 69.8 Å². The van der Waals surface area contributed by atoms with Crippen molar-refractivity contribution in [2.24, 2.45) is 0 Å². The second-order valence-corrected chi connectivity index (χ2v) is 6.66. The molecule has 4 nitrogen and oxygen atoms in total. The van der Waals surface area contributed by atoms with Gasteiger partial charge in [0.25, 0.3) is 5.91 Å². The van der Waals surface area contributed by atoms with Crippen molar-refractivity contribution < 1.29 is 4.79 Å². The number of benzene rings is 1. The number of carbonyl (C=O) groups excluding carboxylic acids is 1. The van der Waals surface area contributed by atoms with Crippen molar-refractivity contribution in [1.29, 1.82) is 0 Å². The summed E-state index contributed by atoms with van der Waals surface area (Å²) in [5, 5.41) is 4.62. The Labute approximate surface area is 142 Å². The van der Waals surface area contributed by atoms with Crippen LogP contribution < -0.4 is 5.32 Å². The third kappa shape index (κ3) is 2.73. The van der Waals surface area contributed by atoms with E-state index >= 15 is 0 Å². The number of nitrogens with zero attached hydrogens (tertiary/aromatic N) is 2. The zero-order valence-corrected chi connectivity index (χ0v) is 13.6.